The van der Waals surface area contributed by atoms with Crippen molar-refractivity contribution in [1.29, 1.82) is 0 Å². The number of aromatic nitrogens is 4. The summed E-state index contributed by atoms with van der Waals surface area (Å²) in [5.41, 5.74) is 1.91. The maximum Gasteiger partial charge on any atom is 0.230 e. The number of carbonyl (C=O) groups is 1. The second kappa shape index (κ2) is 8.88. The number of anilines is 1. The lowest BCUT2D eigenvalue weighted by Gasteiger charge is -2.14. The first kappa shape index (κ1) is 21.0. The number of hydrogen-bond acceptors (Lipinski definition) is 9. The van der Waals surface area contributed by atoms with Crippen LogP contribution in [0.25, 0.3) is 21.9 Å². The number of imidazole rings is 1. The van der Waals surface area contributed by atoms with Crippen molar-refractivity contribution in [2.75, 3.05) is 24.2 Å². The molecule has 3 N–H and O–H groups in total. The fourth-order valence-corrected chi connectivity index (χ4v) is 4.57. The van der Waals surface area contributed by atoms with Gasteiger partial charge in [0.1, 0.15) is 27.0 Å². The van der Waals surface area contributed by atoms with Crippen molar-refractivity contribution in [2.45, 2.75) is 9.92 Å². The van der Waals surface area contributed by atoms with E-state index in [0.717, 1.165) is 0 Å². The highest BCUT2D eigenvalue weighted by atomic mass is 32.2. The molecule has 0 aliphatic rings. The van der Waals surface area contributed by atoms with Crippen LogP contribution in [0.1, 0.15) is 0 Å². The van der Waals surface area contributed by atoms with Gasteiger partial charge in [-0.05, 0) is 12.1 Å². The van der Waals surface area contributed by atoms with Gasteiger partial charge in [0, 0.05) is 29.5 Å². The SMILES string of the molecule is O=C(CSc1ncnc2nc[nH]c12)NCCNc1cccc2c(S(=O)(=O)[O-])cccc12. The van der Waals surface area contributed by atoms with E-state index in [1.54, 1.807) is 24.3 Å². The summed E-state index contributed by atoms with van der Waals surface area (Å²) in [5, 5.41) is 7.60. The van der Waals surface area contributed by atoms with Crippen molar-refractivity contribution in [2.24, 2.45) is 0 Å². The van der Waals surface area contributed by atoms with Gasteiger partial charge in [0.25, 0.3) is 0 Å². The number of aromatic amines is 1. The summed E-state index contributed by atoms with van der Waals surface area (Å²) < 4.78 is 34.4. The monoisotopic (exact) mass is 457 g/mol. The molecule has 160 valence electrons. The zero-order valence-electron chi connectivity index (χ0n) is 16.0. The molecule has 0 fully saturated rings. The first-order valence-electron chi connectivity index (χ1n) is 9.18. The number of rotatable bonds is 8. The van der Waals surface area contributed by atoms with E-state index in [2.05, 4.69) is 30.6 Å². The Morgan fingerprint density at radius 2 is 1.87 bits per heavy atom. The lowest BCUT2D eigenvalue weighted by molar-refractivity contribution is -0.118. The summed E-state index contributed by atoms with van der Waals surface area (Å²) in [4.78, 5) is 27.1. The topological polar surface area (TPSA) is 153 Å². The van der Waals surface area contributed by atoms with Gasteiger partial charge in [-0.3, -0.25) is 4.79 Å². The third-order valence-corrected chi connectivity index (χ3v) is 6.33. The van der Waals surface area contributed by atoms with Gasteiger partial charge < -0.3 is 20.2 Å². The molecule has 0 unspecified atom stereocenters. The van der Waals surface area contributed by atoms with Crippen LogP contribution in [0.2, 0.25) is 0 Å². The van der Waals surface area contributed by atoms with E-state index in [9.17, 15) is 17.8 Å². The summed E-state index contributed by atoms with van der Waals surface area (Å²) in [7, 11) is -4.57. The van der Waals surface area contributed by atoms with Crippen LogP contribution in [0, 0.1) is 0 Å². The second-order valence-corrected chi connectivity index (χ2v) is 8.77. The maximum absolute atomic E-state index is 12.1. The molecule has 0 aliphatic carbocycles. The Morgan fingerprint density at radius 1 is 1.06 bits per heavy atom. The van der Waals surface area contributed by atoms with Gasteiger partial charge in [-0.2, -0.15) is 0 Å². The molecular formula is C19H17N6O4S2-. The summed E-state index contributed by atoms with van der Waals surface area (Å²) in [6, 6.07) is 9.61. The number of amides is 1. The number of nitrogens with zero attached hydrogens (tertiary/aromatic N) is 3. The average molecular weight is 458 g/mol. The molecule has 2 aromatic carbocycles. The molecule has 0 spiro atoms. The van der Waals surface area contributed by atoms with Crippen molar-refractivity contribution in [3.63, 3.8) is 0 Å². The van der Waals surface area contributed by atoms with E-state index in [1.165, 1.54) is 36.5 Å². The van der Waals surface area contributed by atoms with Crippen LogP contribution < -0.4 is 10.6 Å². The van der Waals surface area contributed by atoms with Crippen LogP contribution >= 0.6 is 11.8 Å². The minimum atomic E-state index is -4.57. The molecule has 0 atom stereocenters. The second-order valence-electron chi connectivity index (χ2n) is 6.46. The van der Waals surface area contributed by atoms with Crippen molar-refractivity contribution >= 4 is 55.4 Å². The van der Waals surface area contributed by atoms with E-state index in [-0.39, 0.29) is 16.6 Å². The average Bonchev–Trinajstić information content (AvgIpc) is 3.23. The van der Waals surface area contributed by atoms with Crippen LogP contribution in [-0.4, -0.2) is 57.7 Å². The Bertz CT molecular complexity index is 1360. The van der Waals surface area contributed by atoms with Crippen LogP contribution in [0.4, 0.5) is 5.69 Å². The van der Waals surface area contributed by atoms with Crippen LogP contribution in [0.3, 0.4) is 0 Å². The van der Waals surface area contributed by atoms with E-state index in [1.807, 2.05) is 0 Å². The predicted molar refractivity (Wildman–Crippen MR) is 116 cm³/mol. The minimum Gasteiger partial charge on any atom is -0.744 e. The highest BCUT2D eigenvalue weighted by Gasteiger charge is 2.11. The number of carbonyl (C=O) groups excluding carboxylic acids is 1. The fraction of sp³-hybridized carbons (Fsp3) is 0.158. The Labute approximate surface area is 181 Å². The van der Waals surface area contributed by atoms with Gasteiger partial charge in [0.2, 0.25) is 5.91 Å². The number of nitrogens with one attached hydrogen (secondary N) is 3. The fourth-order valence-electron chi connectivity index (χ4n) is 3.09. The molecule has 0 saturated carbocycles. The van der Waals surface area contributed by atoms with Crippen molar-refractivity contribution in [3.05, 3.63) is 49.1 Å². The quantitative estimate of drug-likeness (QED) is 0.155. The van der Waals surface area contributed by atoms with E-state index >= 15 is 0 Å². The van der Waals surface area contributed by atoms with Crippen molar-refractivity contribution in [1.82, 2.24) is 25.3 Å². The Balaban J connectivity index is 1.32. The van der Waals surface area contributed by atoms with Crippen LogP contribution in [0.5, 0.6) is 0 Å². The minimum absolute atomic E-state index is 0.157. The van der Waals surface area contributed by atoms with Gasteiger partial charge in [0.15, 0.2) is 5.65 Å². The largest absolute Gasteiger partial charge is 0.744 e. The number of thioether (sulfide) groups is 1. The van der Waals surface area contributed by atoms with Crippen LogP contribution in [0.15, 0.2) is 59.0 Å². The molecule has 2 heterocycles. The molecule has 2 aromatic heterocycles. The number of fused-ring (bicyclic) bond motifs is 2. The van der Waals surface area contributed by atoms with Crippen LogP contribution in [-0.2, 0) is 14.9 Å². The predicted octanol–water partition coefficient (Wildman–Crippen LogP) is 1.73. The molecule has 1 amide bonds. The third kappa shape index (κ3) is 4.76. The van der Waals surface area contributed by atoms with Crippen molar-refractivity contribution in [3.8, 4) is 0 Å². The normalized spacial score (nSPS) is 11.6. The summed E-state index contributed by atoms with van der Waals surface area (Å²) >= 11 is 1.28. The van der Waals surface area contributed by atoms with Gasteiger partial charge in [-0.15, -0.1) is 0 Å². The molecule has 31 heavy (non-hydrogen) atoms. The highest BCUT2D eigenvalue weighted by Crippen LogP contribution is 2.28. The molecule has 0 saturated heterocycles. The molecule has 0 aliphatic heterocycles. The zero-order chi connectivity index (χ0) is 21.8. The third-order valence-electron chi connectivity index (χ3n) is 4.44. The molecule has 4 aromatic rings. The number of hydrogen-bond donors (Lipinski definition) is 3. The van der Waals surface area contributed by atoms with Gasteiger partial charge in [0.05, 0.1) is 17.0 Å². The highest BCUT2D eigenvalue weighted by molar-refractivity contribution is 8.00. The van der Waals surface area contributed by atoms with E-state index in [0.29, 0.717) is 45.7 Å². The molecule has 0 radical (unpaired) electrons. The number of H-pyrrole nitrogens is 1. The number of benzene rings is 2. The molecule has 10 nitrogen and oxygen atoms in total. The molecular weight excluding hydrogens is 440 g/mol. The standard InChI is InChI=1S/C19H18N6O4S2/c26-16(9-30-19-17-18(23-10-22-17)24-11-25-19)21-8-7-20-14-5-1-4-13-12(14)3-2-6-15(13)31(27,28)29/h1-6,10-11,20H,7-9H2,(H,21,26)(H,27,28,29)(H,22,23,24,25)/p-1. The van der Waals surface area contributed by atoms with E-state index < -0.39 is 10.1 Å². The van der Waals surface area contributed by atoms with Crippen molar-refractivity contribution < 1.29 is 17.8 Å². The van der Waals surface area contributed by atoms with E-state index in [4.69, 9.17) is 0 Å². The Kier molecular flexibility index (Phi) is 6.02. The first-order chi connectivity index (χ1) is 14.9. The lowest BCUT2D eigenvalue weighted by atomic mass is 10.1. The smallest absolute Gasteiger partial charge is 0.230 e. The lowest BCUT2D eigenvalue weighted by Crippen LogP contribution is -2.30. The van der Waals surface area contributed by atoms with Gasteiger partial charge in [-0.25, -0.2) is 23.4 Å². The van der Waals surface area contributed by atoms with Gasteiger partial charge in [-0.1, -0.05) is 36.0 Å². The Morgan fingerprint density at radius 3 is 2.71 bits per heavy atom. The molecule has 12 heteroatoms. The first-order valence-corrected chi connectivity index (χ1v) is 11.6. The molecule has 4 rings (SSSR count). The summed E-state index contributed by atoms with van der Waals surface area (Å²) in [6.07, 6.45) is 2.93. The maximum atomic E-state index is 12.1. The van der Waals surface area contributed by atoms with Gasteiger partial charge >= 0.3 is 0 Å². The Hall–Kier alpha value is -3.22. The molecule has 0 bridgehead atoms. The zero-order valence-corrected chi connectivity index (χ0v) is 17.7. The summed E-state index contributed by atoms with van der Waals surface area (Å²) in [6.45, 7) is 0.779. The summed E-state index contributed by atoms with van der Waals surface area (Å²) in [5.74, 6) is 0.0279.